The summed E-state index contributed by atoms with van der Waals surface area (Å²) in [4.78, 5) is 28.6. The molecule has 114 valence electrons. The van der Waals surface area contributed by atoms with E-state index in [0.29, 0.717) is 28.4 Å². The second-order valence-electron chi connectivity index (χ2n) is 5.44. The van der Waals surface area contributed by atoms with Crippen LogP contribution >= 0.6 is 0 Å². The van der Waals surface area contributed by atoms with Gasteiger partial charge in [-0.3, -0.25) is 10.2 Å². The molecule has 2 aliphatic heterocycles. The Labute approximate surface area is 131 Å². The summed E-state index contributed by atoms with van der Waals surface area (Å²) < 4.78 is 5.41. The highest BCUT2D eigenvalue weighted by Gasteiger charge is 2.29. The molecule has 2 aromatic rings. The van der Waals surface area contributed by atoms with Gasteiger partial charge < -0.3 is 4.42 Å². The molecule has 1 aromatic heterocycles. The summed E-state index contributed by atoms with van der Waals surface area (Å²) in [7, 11) is 0. The number of carbonyl (C=O) groups is 1. The molecule has 0 spiro atoms. The van der Waals surface area contributed by atoms with Gasteiger partial charge in [-0.15, -0.1) is 0 Å². The molecular weight excluding hydrogens is 294 g/mol. The molecule has 0 radical (unpaired) electrons. The van der Waals surface area contributed by atoms with Gasteiger partial charge in [0.05, 0.1) is 5.70 Å². The molecule has 6 heteroatoms. The molecule has 0 unspecified atom stereocenters. The van der Waals surface area contributed by atoms with Crippen molar-refractivity contribution in [3.05, 3.63) is 63.4 Å². The highest BCUT2D eigenvalue weighted by molar-refractivity contribution is 6.11. The zero-order valence-electron chi connectivity index (χ0n) is 12.6. The lowest BCUT2D eigenvalue weighted by Gasteiger charge is -2.31. The van der Waals surface area contributed by atoms with Gasteiger partial charge in [-0.25, -0.2) is 14.8 Å². The molecule has 1 N–H and O–H groups in total. The lowest BCUT2D eigenvalue weighted by molar-refractivity contribution is -0.113. The second-order valence-corrected chi connectivity index (χ2v) is 5.44. The van der Waals surface area contributed by atoms with Crippen LogP contribution in [0.15, 0.2) is 56.1 Å². The quantitative estimate of drug-likeness (QED) is 0.817. The number of hydrogen-bond donors (Lipinski definition) is 1. The summed E-state index contributed by atoms with van der Waals surface area (Å²) in [5.74, 6) is 0.209. The molecule has 0 atom stereocenters. The maximum absolute atomic E-state index is 12.5. The lowest BCUT2D eigenvalue weighted by Crippen LogP contribution is -2.45. The van der Waals surface area contributed by atoms with Gasteiger partial charge in [0, 0.05) is 24.1 Å². The lowest BCUT2D eigenvalue weighted by atomic mass is 10.0. The Morgan fingerprint density at radius 1 is 1.30 bits per heavy atom. The summed E-state index contributed by atoms with van der Waals surface area (Å²) in [6, 6.07) is 7.34. The van der Waals surface area contributed by atoms with E-state index in [1.54, 1.807) is 24.2 Å². The van der Waals surface area contributed by atoms with Gasteiger partial charge in [0.2, 0.25) is 0 Å². The molecule has 0 amide bonds. The van der Waals surface area contributed by atoms with Crippen molar-refractivity contribution < 1.29 is 9.21 Å². The summed E-state index contributed by atoms with van der Waals surface area (Å²) in [5.41, 5.74) is 5.16. The Balaban J connectivity index is 2.05. The van der Waals surface area contributed by atoms with Crippen LogP contribution in [0, 0.1) is 0 Å². The predicted octanol–water partition coefficient (Wildman–Crippen LogP) is 2.16. The van der Waals surface area contributed by atoms with Crippen LogP contribution in [0.25, 0.3) is 17.0 Å². The van der Waals surface area contributed by atoms with Crippen molar-refractivity contribution in [1.82, 2.24) is 10.4 Å². The zero-order valence-corrected chi connectivity index (χ0v) is 12.6. The number of hydrazine groups is 1. The number of fused-ring (bicyclic) bond motifs is 5. The number of amidine groups is 1. The minimum atomic E-state index is -0.476. The monoisotopic (exact) mass is 307 g/mol. The Morgan fingerprint density at radius 3 is 2.87 bits per heavy atom. The number of carbonyl (C=O) groups excluding carboxylic acids is 1. The third-order valence-electron chi connectivity index (χ3n) is 3.89. The van der Waals surface area contributed by atoms with Gasteiger partial charge >= 0.3 is 5.63 Å². The molecule has 3 heterocycles. The number of aliphatic imine (C=N–C) groups is 1. The third kappa shape index (κ3) is 1.92. The summed E-state index contributed by atoms with van der Waals surface area (Å²) in [6.07, 6.45) is 3.63. The number of hydrogen-bond acceptors (Lipinski definition) is 6. The molecule has 1 aromatic carbocycles. The number of benzene rings is 1. The van der Waals surface area contributed by atoms with Crippen LogP contribution in [-0.4, -0.2) is 16.6 Å². The van der Waals surface area contributed by atoms with Gasteiger partial charge in [-0.05, 0) is 19.1 Å². The molecular formula is C17H13N3O3. The fourth-order valence-corrected chi connectivity index (χ4v) is 2.86. The molecule has 4 rings (SSSR count). The van der Waals surface area contributed by atoms with E-state index < -0.39 is 5.63 Å². The largest absolute Gasteiger partial charge is 0.422 e. The van der Waals surface area contributed by atoms with Crippen LogP contribution in [-0.2, 0) is 4.79 Å². The topological polar surface area (TPSA) is 74.9 Å². The van der Waals surface area contributed by atoms with E-state index in [1.165, 1.54) is 6.92 Å². The fourth-order valence-electron chi connectivity index (χ4n) is 2.86. The van der Waals surface area contributed by atoms with Gasteiger partial charge in [-0.2, -0.15) is 0 Å². The Kier molecular flexibility index (Phi) is 2.74. The van der Waals surface area contributed by atoms with E-state index in [-0.39, 0.29) is 5.78 Å². The average molecular weight is 307 g/mol. The van der Waals surface area contributed by atoms with Crippen LogP contribution in [0.1, 0.15) is 25.0 Å². The van der Waals surface area contributed by atoms with E-state index in [9.17, 15) is 9.59 Å². The molecule has 6 nitrogen and oxygen atoms in total. The highest BCUT2D eigenvalue weighted by Crippen LogP contribution is 2.28. The van der Waals surface area contributed by atoms with Crippen molar-refractivity contribution in [3.8, 4) is 0 Å². The molecule has 0 fully saturated rings. The van der Waals surface area contributed by atoms with E-state index in [4.69, 9.17) is 4.42 Å². The van der Waals surface area contributed by atoms with Crippen LogP contribution in [0.3, 0.4) is 0 Å². The first kappa shape index (κ1) is 13.5. The van der Waals surface area contributed by atoms with Crippen LogP contribution in [0.2, 0.25) is 0 Å². The van der Waals surface area contributed by atoms with Gasteiger partial charge in [0.1, 0.15) is 16.8 Å². The number of nitrogens with one attached hydrogen (secondary N) is 1. The number of para-hydroxylation sites is 1. The predicted molar refractivity (Wildman–Crippen MR) is 86.4 cm³/mol. The fraction of sp³-hybridized carbons (Fsp3) is 0.118. The van der Waals surface area contributed by atoms with E-state index in [0.717, 1.165) is 10.9 Å². The van der Waals surface area contributed by atoms with Crippen LogP contribution in [0.5, 0.6) is 0 Å². The summed E-state index contributed by atoms with van der Waals surface area (Å²) >= 11 is 0. The minimum Gasteiger partial charge on any atom is -0.422 e. The smallest absolute Gasteiger partial charge is 0.348 e. The molecule has 0 aliphatic carbocycles. The Hall–Kier alpha value is -3.15. The normalized spacial score (nSPS) is 15.9. The second kappa shape index (κ2) is 4.67. The Morgan fingerprint density at radius 2 is 2.09 bits per heavy atom. The molecule has 0 bridgehead atoms. The summed E-state index contributed by atoms with van der Waals surface area (Å²) in [5, 5.41) is 2.45. The number of Topliss-reactive ketones (excluding diaryl/α,β-unsaturated/α-hetero) is 1. The van der Waals surface area contributed by atoms with Crippen LogP contribution < -0.4 is 11.1 Å². The standard InChI is InChI=1S/C17H13N3O3/c1-9-15(10(2)21)18-16-14-12(7-8-20(16)19-9)11-5-3-4-6-13(11)23-17(14)22/h3-8,19H,1-2H3. The van der Waals surface area contributed by atoms with Crippen molar-refractivity contribution in [3.63, 3.8) is 0 Å². The number of nitrogens with zero attached hydrogens (tertiary/aromatic N) is 2. The number of allylic oxidation sites excluding steroid dienone is 2. The Bertz CT molecular complexity index is 1010. The van der Waals surface area contributed by atoms with Crippen LogP contribution in [0.4, 0.5) is 0 Å². The van der Waals surface area contributed by atoms with Crippen molar-refractivity contribution in [1.29, 1.82) is 0 Å². The average Bonchev–Trinajstić information content (AvgIpc) is 2.53. The SMILES string of the molecule is CC(=O)C1=C(C)NN2C=Cc3c(c(=O)oc4ccccc34)C2=N1. The van der Waals surface area contributed by atoms with Crippen molar-refractivity contribution in [2.45, 2.75) is 13.8 Å². The van der Waals surface area contributed by atoms with E-state index in [2.05, 4.69) is 10.4 Å². The first-order chi connectivity index (χ1) is 11.1. The van der Waals surface area contributed by atoms with Crippen molar-refractivity contribution in [2.75, 3.05) is 0 Å². The number of rotatable bonds is 1. The van der Waals surface area contributed by atoms with E-state index in [1.807, 2.05) is 24.3 Å². The van der Waals surface area contributed by atoms with Gasteiger partial charge in [-0.1, -0.05) is 18.2 Å². The maximum Gasteiger partial charge on any atom is 0.348 e. The van der Waals surface area contributed by atoms with Gasteiger partial charge in [0.25, 0.3) is 0 Å². The molecule has 0 saturated carbocycles. The zero-order chi connectivity index (χ0) is 16.1. The first-order valence-corrected chi connectivity index (χ1v) is 7.17. The first-order valence-electron chi connectivity index (χ1n) is 7.17. The third-order valence-corrected chi connectivity index (χ3v) is 3.89. The van der Waals surface area contributed by atoms with Crippen molar-refractivity contribution in [2.24, 2.45) is 4.99 Å². The maximum atomic E-state index is 12.5. The minimum absolute atomic E-state index is 0.163. The van der Waals surface area contributed by atoms with Crippen molar-refractivity contribution >= 4 is 28.7 Å². The van der Waals surface area contributed by atoms with Gasteiger partial charge in [0.15, 0.2) is 11.6 Å². The number of ketones is 1. The molecule has 0 saturated heterocycles. The van der Waals surface area contributed by atoms with E-state index >= 15 is 0 Å². The molecule has 2 aliphatic rings. The molecule has 23 heavy (non-hydrogen) atoms. The summed E-state index contributed by atoms with van der Waals surface area (Å²) in [6.45, 7) is 3.21. The highest BCUT2D eigenvalue weighted by atomic mass is 16.4.